The van der Waals surface area contributed by atoms with Crippen molar-refractivity contribution in [3.05, 3.63) is 22.8 Å². The van der Waals surface area contributed by atoms with Gasteiger partial charge in [0.15, 0.2) is 5.82 Å². The monoisotopic (exact) mass is 335 g/mol. The highest BCUT2D eigenvalue weighted by Crippen LogP contribution is 2.19. The normalized spacial score (nSPS) is 11.4. The second kappa shape index (κ2) is 7.70. The number of anilines is 1. The molecule has 0 amide bonds. The van der Waals surface area contributed by atoms with E-state index in [0.29, 0.717) is 16.7 Å². The Morgan fingerprint density at radius 1 is 1.39 bits per heavy atom. The third-order valence-electron chi connectivity index (χ3n) is 2.28. The Morgan fingerprint density at radius 2 is 2.17 bits per heavy atom. The molecule has 1 aromatic heterocycles. The number of hydrogen-bond donors (Lipinski definition) is 2. The van der Waals surface area contributed by atoms with Gasteiger partial charge in [-0.05, 0) is 54.0 Å². The fourth-order valence-corrected chi connectivity index (χ4v) is 3.01. The Balaban J connectivity index is 2.43. The number of rotatable bonds is 8. The van der Waals surface area contributed by atoms with Crippen LogP contribution < -0.4 is 10.0 Å². The summed E-state index contributed by atoms with van der Waals surface area (Å²) in [6, 6.07) is 3.48. The Morgan fingerprint density at radius 3 is 2.83 bits per heavy atom. The van der Waals surface area contributed by atoms with Crippen LogP contribution in [-0.4, -0.2) is 32.2 Å². The number of sulfonamides is 1. The van der Waals surface area contributed by atoms with E-state index in [-0.39, 0.29) is 5.75 Å². The van der Waals surface area contributed by atoms with Crippen LogP contribution in [0.1, 0.15) is 19.8 Å². The predicted molar refractivity (Wildman–Crippen MR) is 77.1 cm³/mol. The molecule has 0 aromatic carbocycles. The molecule has 7 heteroatoms. The van der Waals surface area contributed by atoms with E-state index in [9.17, 15) is 8.42 Å². The van der Waals surface area contributed by atoms with E-state index in [4.69, 9.17) is 0 Å². The van der Waals surface area contributed by atoms with Crippen molar-refractivity contribution in [3.63, 3.8) is 0 Å². The van der Waals surface area contributed by atoms with Crippen molar-refractivity contribution >= 4 is 31.8 Å². The SMILES string of the molecule is CCNCCCCS(=O)(=O)Nc1ncccc1Br. The molecule has 0 fully saturated rings. The van der Waals surface area contributed by atoms with Crippen LogP contribution in [0.2, 0.25) is 0 Å². The first kappa shape index (κ1) is 15.4. The molecule has 0 unspecified atom stereocenters. The van der Waals surface area contributed by atoms with Gasteiger partial charge in [-0.25, -0.2) is 13.4 Å². The topological polar surface area (TPSA) is 71.1 Å². The van der Waals surface area contributed by atoms with E-state index in [1.54, 1.807) is 18.3 Å². The maximum absolute atomic E-state index is 11.8. The molecule has 1 aromatic rings. The number of pyridine rings is 1. The van der Waals surface area contributed by atoms with Crippen molar-refractivity contribution in [2.75, 3.05) is 23.6 Å². The van der Waals surface area contributed by atoms with E-state index in [0.717, 1.165) is 19.5 Å². The standard InChI is InChI=1S/C11H18BrN3O2S/c1-2-13-7-3-4-9-18(16,17)15-11-10(12)6-5-8-14-11/h5-6,8,13H,2-4,7,9H2,1H3,(H,14,15). The van der Waals surface area contributed by atoms with Gasteiger partial charge in [-0.15, -0.1) is 0 Å². The summed E-state index contributed by atoms with van der Waals surface area (Å²) in [4.78, 5) is 3.97. The average molecular weight is 336 g/mol. The zero-order valence-electron chi connectivity index (χ0n) is 10.3. The quantitative estimate of drug-likeness (QED) is 0.712. The summed E-state index contributed by atoms with van der Waals surface area (Å²) >= 11 is 3.25. The molecule has 0 bridgehead atoms. The van der Waals surface area contributed by atoms with Gasteiger partial charge in [0.05, 0.1) is 10.2 Å². The molecule has 18 heavy (non-hydrogen) atoms. The smallest absolute Gasteiger partial charge is 0.233 e. The first-order valence-corrected chi connectivity index (χ1v) is 8.31. The van der Waals surface area contributed by atoms with E-state index >= 15 is 0 Å². The van der Waals surface area contributed by atoms with Gasteiger partial charge in [0.25, 0.3) is 0 Å². The van der Waals surface area contributed by atoms with Crippen LogP contribution in [0.15, 0.2) is 22.8 Å². The molecule has 0 radical (unpaired) electrons. The third-order valence-corrected chi connectivity index (χ3v) is 4.25. The van der Waals surface area contributed by atoms with E-state index < -0.39 is 10.0 Å². The van der Waals surface area contributed by atoms with Gasteiger partial charge < -0.3 is 5.32 Å². The minimum Gasteiger partial charge on any atom is -0.317 e. The summed E-state index contributed by atoms with van der Waals surface area (Å²) < 4.78 is 26.7. The molecule has 5 nitrogen and oxygen atoms in total. The number of nitrogens with zero attached hydrogens (tertiary/aromatic N) is 1. The molecular formula is C11H18BrN3O2S. The van der Waals surface area contributed by atoms with Gasteiger partial charge in [0.2, 0.25) is 10.0 Å². The number of nitrogens with one attached hydrogen (secondary N) is 2. The van der Waals surface area contributed by atoms with Crippen molar-refractivity contribution in [1.29, 1.82) is 0 Å². The molecule has 1 heterocycles. The maximum Gasteiger partial charge on any atom is 0.233 e. The second-order valence-electron chi connectivity index (χ2n) is 3.82. The van der Waals surface area contributed by atoms with E-state index in [1.807, 2.05) is 6.92 Å². The van der Waals surface area contributed by atoms with Crippen LogP contribution in [0.4, 0.5) is 5.82 Å². The predicted octanol–water partition coefficient (Wildman–Crippen LogP) is 1.98. The number of halogens is 1. The minimum absolute atomic E-state index is 0.113. The Bertz CT molecular complexity index is 465. The molecule has 0 aliphatic rings. The van der Waals surface area contributed by atoms with Crippen LogP contribution in [0, 0.1) is 0 Å². The van der Waals surface area contributed by atoms with Crippen molar-refractivity contribution in [2.45, 2.75) is 19.8 Å². The average Bonchev–Trinajstić information content (AvgIpc) is 2.31. The number of hydrogen-bond acceptors (Lipinski definition) is 4. The van der Waals surface area contributed by atoms with Gasteiger partial charge >= 0.3 is 0 Å². The molecule has 0 saturated carbocycles. The lowest BCUT2D eigenvalue weighted by Gasteiger charge is -2.08. The lowest BCUT2D eigenvalue weighted by atomic mass is 10.3. The van der Waals surface area contributed by atoms with Crippen molar-refractivity contribution in [3.8, 4) is 0 Å². The molecule has 2 N–H and O–H groups in total. The fourth-order valence-electron chi connectivity index (χ4n) is 1.38. The van der Waals surface area contributed by atoms with Crippen molar-refractivity contribution < 1.29 is 8.42 Å². The summed E-state index contributed by atoms with van der Waals surface area (Å²) in [5, 5.41) is 3.16. The zero-order valence-corrected chi connectivity index (χ0v) is 12.7. The van der Waals surface area contributed by atoms with Crippen molar-refractivity contribution in [1.82, 2.24) is 10.3 Å². The molecule has 0 aliphatic carbocycles. The first-order chi connectivity index (χ1) is 8.55. The van der Waals surface area contributed by atoms with Gasteiger partial charge in [0.1, 0.15) is 0 Å². The lowest BCUT2D eigenvalue weighted by Crippen LogP contribution is -2.19. The van der Waals surface area contributed by atoms with Crippen LogP contribution >= 0.6 is 15.9 Å². The number of unbranched alkanes of at least 4 members (excludes halogenated alkanes) is 1. The summed E-state index contributed by atoms with van der Waals surface area (Å²) in [5.74, 6) is 0.450. The minimum atomic E-state index is -3.31. The number of aromatic nitrogens is 1. The largest absolute Gasteiger partial charge is 0.317 e. The molecular weight excluding hydrogens is 318 g/mol. The van der Waals surface area contributed by atoms with Gasteiger partial charge in [-0.3, -0.25) is 4.72 Å². The van der Waals surface area contributed by atoms with Gasteiger partial charge in [-0.2, -0.15) is 0 Å². The summed E-state index contributed by atoms with van der Waals surface area (Å²) in [5.41, 5.74) is 0. The van der Waals surface area contributed by atoms with Crippen molar-refractivity contribution in [2.24, 2.45) is 0 Å². The Hall–Kier alpha value is -0.660. The van der Waals surface area contributed by atoms with Gasteiger partial charge in [0, 0.05) is 6.20 Å². The highest BCUT2D eigenvalue weighted by Gasteiger charge is 2.12. The molecule has 0 spiro atoms. The first-order valence-electron chi connectivity index (χ1n) is 5.87. The zero-order chi connectivity index (χ0) is 13.4. The summed E-state index contributed by atoms with van der Waals surface area (Å²) in [6.07, 6.45) is 3.03. The molecule has 0 atom stereocenters. The lowest BCUT2D eigenvalue weighted by molar-refractivity contribution is 0.593. The maximum atomic E-state index is 11.8. The Kier molecular flexibility index (Phi) is 6.59. The highest BCUT2D eigenvalue weighted by molar-refractivity contribution is 9.10. The van der Waals surface area contributed by atoms with Crippen LogP contribution in [0.5, 0.6) is 0 Å². The fraction of sp³-hybridized carbons (Fsp3) is 0.545. The van der Waals surface area contributed by atoms with Crippen LogP contribution in [0.25, 0.3) is 0 Å². The van der Waals surface area contributed by atoms with Gasteiger partial charge in [-0.1, -0.05) is 6.92 Å². The molecule has 0 saturated heterocycles. The molecule has 0 aliphatic heterocycles. The van der Waals surface area contributed by atoms with E-state index in [2.05, 4.69) is 31.0 Å². The second-order valence-corrected chi connectivity index (χ2v) is 6.51. The van der Waals surface area contributed by atoms with Crippen LogP contribution in [0.3, 0.4) is 0 Å². The third kappa shape index (κ3) is 5.79. The van der Waals surface area contributed by atoms with E-state index in [1.165, 1.54) is 0 Å². The summed E-state index contributed by atoms with van der Waals surface area (Å²) in [6.45, 7) is 3.78. The highest BCUT2D eigenvalue weighted by atomic mass is 79.9. The summed E-state index contributed by atoms with van der Waals surface area (Å²) in [7, 11) is -3.31. The van der Waals surface area contributed by atoms with Crippen LogP contribution in [-0.2, 0) is 10.0 Å². The Labute approximate surface area is 117 Å². The molecule has 102 valence electrons. The molecule has 1 rings (SSSR count).